The highest BCUT2D eigenvalue weighted by Gasteiger charge is 1.65. The molecule has 0 aromatic heterocycles. The van der Waals surface area contributed by atoms with Gasteiger partial charge in [0.2, 0.25) is 0 Å². The number of aliphatic carboxylic acids is 1. The van der Waals surface area contributed by atoms with Gasteiger partial charge in [-0.25, -0.2) is 0 Å². The van der Waals surface area contributed by atoms with Crippen LogP contribution in [0.15, 0.2) is 0 Å². The smallest absolute Gasteiger partial charge is 0.300 e. The molecule has 0 aliphatic rings. The minimum Gasteiger partial charge on any atom is -0.483 e. The quantitative estimate of drug-likeness (QED) is 0.513. The van der Waals surface area contributed by atoms with Crippen LogP contribution in [0.5, 0.6) is 0 Å². The Hall–Kier alpha value is -1.59. The van der Waals surface area contributed by atoms with E-state index in [0.29, 0.717) is 6.47 Å². The zero-order valence-electron chi connectivity index (χ0n) is 6.18. The number of carboxylic acids is 1. The molecule has 0 amide bonds. The van der Waals surface area contributed by atoms with Gasteiger partial charge < -0.3 is 14.9 Å². The summed E-state index contributed by atoms with van der Waals surface area (Å²) in [6.45, 7) is 1.21. The first-order valence-corrected chi connectivity index (χ1v) is 2.30. The molecule has 0 rings (SSSR count). The van der Waals surface area contributed by atoms with E-state index in [1.165, 1.54) is 7.11 Å². The van der Waals surface area contributed by atoms with Crippen LogP contribution in [0.1, 0.15) is 6.92 Å². The van der Waals surface area contributed by atoms with E-state index >= 15 is 0 Å². The highest BCUT2D eigenvalue weighted by atomic mass is 16.5. The lowest BCUT2D eigenvalue weighted by molar-refractivity contribution is -0.134. The predicted molar refractivity (Wildman–Crippen MR) is 35.1 cm³/mol. The maximum Gasteiger partial charge on any atom is 0.300 e. The Labute approximate surface area is 63.4 Å². The molecule has 0 aromatic rings. The summed E-state index contributed by atoms with van der Waals surface area (Å²) in [6, 6.07) is 0. The van der Waals surface area contributed by atoms with Crippen molar-refractivity contribution in [1.82, 2.24) is 0 Å². The molecule has 6 heteroatoms. The van der Waals surface area contributed by atoms with Crippen LogP contribution in [0.3, 0.4) is 0 Å². The third kappa shape index (κ3) is 993. The van der Waals surface area contributed by atoms with Gasteiger partial charge in [-0.3, -0.25) is 14.4 Å². The molecule has 0 aliphatic carbocycles. The van der Waals surface area contributed by atoms with E-state index in [9.17, 15) is 0 Å². The molecule has 2 N–H and O–H groups in total. The second-order valence-corrected chi connectivity index (χ2v) is 0.956. The normalized spacial score (nSPS) is 5.27. The molecular formula is C5H10O6. The average molecular weight is 166 g/mol. The maximum absolute atomic E-state index is 9.00. The Kier molecular flexibility index (Phi) is 35.0. The minimum atomic E-state index is -0.833. The first-order valence-electron chi connectivity index (χ1n) is 2.30. The van der Waals surface area contributed by atoms with Gasteiger partial charge in [0.05, 0.1) is 7.11 Å². The third-order valence-electron chi connectivity index (χ3n) is 0.0962. The summed E-state index contributed by atoms with van der Waals surface area (Å²) in [6.07, 6.45) is 0. The highest BCUT2D eigenvalue weighted by Crippen LogP contribution is 1.42. The van der Waals surface area contributed by atoms with Gasteiger partial charge in [-0.1, -0.05) is 0 Å². The van der Waals surface area contributed by atoms with Crippen molar-refractivity contribution in [2.24, 2.45) is 0 Å². The summed E-state index contributed by atoms with van der Waals surface area (Å²) in [5, 5.41) is 14.3. The molecule has 0 unspecified atom stereocenters. The van der Waals surface area contributed by atoms with E-state index in [4.69, 9.17) is 24.6 Å². The van der Waals surface area contributed by atoms with Crippen molar-refractivity contribution >= 4 is 18.9 Å². The summed E-state index contributed by atoms with van der Waals surface area (Å²) >= 11 is 0. The largest absolute Gasteiger partial charge is 0.483 e. The number of carbonyl (C=O) groups excluding carboxylic acids is 1. The average Bonchev–Trinajstić information content (AvgIpc) is 1.88. The molecule has 6 nitrogen and oxygen atoms in total. The van der Waals surface area contributed by atoms with E-state index in [0.717, 1.165) is 6.92 Å². The van der Waals surface area contributed by atoms with Crippen LogP contribution in [0.4, 0.5) is 0 Å². The molecule has 0 saturated carbocycles. The second kappa shape index (κ2) is 23.7. The number of carboxylic acid groups (broad SMARTS) is 2. The van der Waals surface area contributed by atoms with Gasteiger partial charge in [-0.15, -0.1) is 0 Å². The topological polar surface area (TPSA) is 101 Å². The summed E-state index contributed by atoms with van der Waals surface area (Å²) in [5.74, 6) is -0.833. The van der Waals surface area contributed by atoms with Crippen LogP contribution < -0.4 is 0 Å². The Bertz CT molecular complexity index is 95.1. The van der Waals surface area contributed by atoms with Crippen LogP contribution in [0, 0.1) is 0 Å². The van der Waals surface area contributed by atoms with Crippen molar-refractivity contribution in [2.45, 2.75) is 6.92 Å². The van der Waals surface area contributed by atoms with Crippen molar-refractivity contribution in [3.8, 4) is 0 Å². The standard InChI is InChI=1S/2C2H4O2.CH2O2/c1-4-2-3;1-2(3)4;2-1-3/h2H,1H3;1H3,(H,3,4);1H,(H,2,3). The lowest BCUT2D eigenvalue weighted by atomic mass is 10.9. The predicted octanol–water partition coefficient (Wildman–Crippen LogP) is -0.419. The molecular weight excluding hydrogens is 156 g/mol. The monoisotopic (exact) mass is 166 g/mol. The number of hydrogen-bond acceptors (Lipinski definition) is 4. The fourth-order valence-electron chi connectivity index (χ4n) is 0. The van der Waals surface area contributed by atoms with E-state index < -0.39 is 5.97 Å². The summed E-state index contributed by atoms with van der Waals surface area (Å²) in [4.78, 5) is 26.3. The van der Waals surface area contributed by atoms with Crippen LogP contribution in [0.25, 0.3) is 0 Å². The SMILES string of the molecule is CC(=O)O.COC=O.O=CO. The lowest BCUT2D eigenvalue weighted by Crippen LogP contribution is -1.78. The van der Waals surface area contributed by atoms with Gasteiger partial charge in [0.1, 0.15) is 0 Å². The van der Waals surface area contributed by atoms with Crippen molar-refractivity contribution in [3.63, 3.8) is 0 Å². The fraction of sp³-hybridized carbons (Fsp3) is 0.400. The van der Waals surface area contributed by atoms with E-state index in [-0.39, 0.29) is 6.47 Å². The fourth-order valence-corrected chi connectivity index (χ4v) is 0. The van der Waals surface area contributed by atoms with Crippen LogP contribution in [-0.2, 0) is 19.1 Å². The summed E-state index contributed by atoms with van der Waals surface area (Å²) < 4.78 is 3.86. The first kappa shape index (κ1) is 16.2. The zero-order chi connectivity index (χ0) is 9.70. The molecule has 0 saturated heterocycles. The van der Waals surface area contributed by atoms with Crippen molar-refractivity contribution in [3.05, 3.63) is 0 Å². The zero-order valence-corrected chi connectivity index (χ0v) is 6.18. The van der Waals surface area contributed by atoms with E-state index in [1.807, 2.05) is 0 Å². The minimum absolute atomic E-state index is 0.250. The highest BCUT2D eigenvalue weighted by molar-refractivity contribution is 5.62. The first-order chi connectivity index (χ1) is 5.06. The Morgan fingerprint density at radius 2 is 1.55 bits per heavy atom. The van der Waals surface area contributed by atoms with Crippen LogP contribution >= 0.6 is 0 Å². The Morgan fingerprint density at radius 3 is 1.55 bits per heavy atom. The van der Waals surface area contributed by atoms with Gasteiger partial charge in [0, 0.05) is 6.92 Å². The number of rotatable bonds is 1. The second-order valence-electron chi connectivity index (χ2n) is 0.956. The van der Waals surface area contributed by atoms with Gasteiger partial charge >= 0.3 is 0 Å². The molecule has 0 spiro atoms. The number of hydrogen-bond donors (Lipinski definition) is 2. The van der Waals surface area contributed by atoms with Gasteiger partial charge in [-0.05, 0) is 0 Å². The molecule has 0 aromatic carbocycles. The molecule has 0 heterocycles. The summed E-state index contributed by atoms with van der Waals surface area (Å²) in [5.41, 5.74) is 0. The molecule has 0 fully saturated rings. The molecule has 11 heavy (non-hydrogen) atoms. The maximum atomic E-state index is 9.00. The lowest BCUT2D eigenvalue weighted by Gasteiger charge is -1.67. The van der Waals surface area contributed by atoms with E-state index in [1.54, 1.807) is 0 Å². The van der Waals surface area contributed by atoms with Gasteiger partial charge in [-0.2, -0.15) is 0 Å². The van der Waals surface area contributed by atoms with E-state index in [2.05, 4.69) is 4.74 Å². The van der Waals surface area contributed by atoms with Crippen molar-refractivity contribution < 1.29 is 29.3 Å². The Balaban J connectivity index is -0.0000000886. The summed E-state index contributed by atoms with van der Waals surface area (Å²) in [7, 11) is 1.31. The molecule has 0 atom stereocenters. The van der Waals surface area contributed by atoms with Crippen molar-refractivity contribution in [2.75, 3.05) is 7.11 Å². The number of carbonyl (C=O) groups is 3. The van der Waals surface area contributed by atoms with Gasteiger partial charge in [0.15, 0.2) is 0 Å². The van der Waals surface area contributed by atoms with Gasteiger partial charge in [0.25, 0.3) is 18.9 Å². The Morgan fingerprint density at radius 1 is 1.45 bits per heavy atom. The van der Waals surface area contributed by atoms with Crippen LogP contribution in [-0.4, -0.2) is 36.2 Å². The number of methoxy groups -OCH3 is 1. The third-order valence-corrected chi connectivity index (χ3v) is 0.0962. The molecule has 0 bridgehead atoms. The molecule has 0 radical (unpaired) electrons. The number of ether oxygens (including phenoxy) is 1. The van der Waals surface area contributed by atoms with Crippen LogP contribution in [0.2, 0.25) is 0 Å². The van der Waals surface area contributed by atoms with Crippen molar-refractivity contribution in [1.29, 1.82) is 0 Å². The molecule has 0 aliphatic heterocycles. The molecule has 66 valence electrons.